The zero-order valence-electron chi connectivity index (χ0n) is 17.6. The van der Waals surface area contributed by atoms with Crippen molar-refractivity contribution in [2.75, 3.05) is 6.54 Å². The van der Waals surface area contributed by atoms with Gasteiger partial charge in [-0.3, -0.25) is 14.4 Å². The van der Waals surface area contributed by atoms with Crippen LogP contribution in [0.4, 0.5) is 0 Å². The van der Waals surface area contributed by atoms with Gasteiger partial charge in [0.25, 0.3) is 17.4 Å². The van der Waals surface area contributed by atoms with E-state index < -0.39 is 5.91 Å². The molecule has 1 aromatic carbocycles. The molecule has 7 nitrogen and oxygen atoms in total. The molecular weight excluding hydrogens is 412 g/mol. The number of fused-ring (bicyclic) bond motifs is 1. The summed E-state index contributed by atoms with van der Waals surface area (Å²) in [5.74, 6) is -0.791. The van der Waals surface area contributed by atoms with Crippen molar-refractivity contribution < 1.29 is 9.59 Å². The zero-order chi connectivity index (χ0) is 22.1. The number of amides is 2. The lowest BCUT2D eigenvalue weighted by atomic mass is 9.96. The number of aryl methyl sites for hydroxylation is 4. The Hall–Kier alpha value is -3.26. The highest BCUT2D eigenvalue weighted by molar-refractivity contribution is 7.13. The molecule has 1 aliphatic rings. The van der Waals surface area contributed by atoms with Gasteiger partial charge in [0.2, 0.25) is 0 Å². The third kappa shape index (κ3) is 4.16. The fourth-order valence-electron chi connectivity index (χ4n) is 4.07. The van der Waals surface area contributed by atoms with Crippen molar-refractivity contribution in [2.24, 2.45) is 5.73 Å². The number of nitrogens with zero attached hydrogens (tertiary/aromatic N) is 3. The number of thiazole rings is 1. The largest absolute Gasteiger partial charge is 0.365 e. The summed E-state index contributed by atoms with van der Waals surface area (Å²) in [5, 5.41) is 0.851. The van der Waals surface area contributed by atoms with Gasteiger partial charge in [0, 0.05) is 25.8 Å². The Balaban J connectivity index is 1.66. The highest BCUT2D eigenvalue weighted by Gasteiger charge is 2.29. The van der Waals surface area contributed by atoms with Crippen LogP contribution < -0.4 is 11.3 Å². The fraction of sp³-hybridized carbons (Fsp3) is 0.304. The summed E-state index contributed by atoms with van der Waals surface area (Å²) in [6.45, 7) is 4.90. The van der Waals surface area contributed by atoms with Gasteiger partial charge in [-0.1, -0.05) is 30.3 Å². The molecule has 8 heteroatoms. The van der Waals surface area contributed by atoms with Crippen molar-refractivity contribution in [3.63, 3.8) is 0 Å². The average molecular weight is 437 g/mol. The van der Waals surface area contributed by atoms with E-state index >= 15 is 0 Å². The van der Waals surface area contributed by atoms with Crippen LogP contribution in [0.15, 0.2) is 41.3 Å². The summed E-state index contributed by atoms with van der Waals surface area (Å²) in [7, 11) is 0. The second-order valence-electron chi connectivity index (χ2n) is 7.73. The predicted octanol–water partition coefficient (Wildman–Crippen LogP) is 2.46. The normalized spacial score (nSPS) is 13.2. The number of nitrogens with two attached hydrogens (primary N) is 1. The van der Waals surface area contributed by atoms with Crippen molar-refractivity contribution in [1.82, 2.24) is 14.5 Å². The molecule has 0 saturated heterocycles. The van der Waals surface area contributed by atoms with Gasteiger partial charge in [0.1, 0.15) is 10.4 Å². The molecule has 0 radical (unpaired) electrons. The standard InChI is InChI=1S/C23H24N4O3S/c1-14-20(31-15(2)25-14)23(30)27-11-9-18-17(13-27)12-26(22(29)19(18)21(24)28)10-8-16-6-4-3-5-7-16/h3-7,12H,8-11,13H2,1-2H3,(H2,24,28). The van der Waals surface area contributed by atoms with Crippen LogP contribution in [-0.4, -0.2) is 32.8 Å². The lowest BCUT2D eigenvalue weighted by Gasteiger charge is -2.30. The second-order valence-corrected chi connectivity index (χ2v) is 8.93. The van der Waals surface area contributed by atoms with Crippen LogP contribution in [0.1, 0.15) is 47.4 Å². The van der Waals surface area contributed by atoms with Crippen LogP contribution in [0.3, 0.4) is 0 Å². The molecule has 2 amide bonds. The van der Waals surface area contributed by atoms with E-state index in [4.69, 9.17) is 5.73 Å². The monoisotopic (exact) mass is 436 g/mol. The zero-order valence-corrected chi connectivity index (χ0v) is 18.4. The van der Waals surface area contributed by atoms with Crippen molar-refractivity contribution in [2.45, 2.75) is 39.8 Å². The van der Waals surface area contributed by atoms with Gasteiger partial charge in [-0.15, -0.1) is 11.3 Å². The Morgan fingerprint density at radius 3 is 2.58 bits per heavy atom. The Labute approximate surface area is 184 Å². The molecule has 160 valence electrons. The lowest BCUT2D eigenvalue weighted by molar-refractivity contribution is 0.0738. The number of pyridine rings is 1. The number of carbonyl (C=O) groups is 2. The minimum Gasteiger partial charge on any atom is -0.365 e. The maximum atomic E-state index is 13.1. The van der Waals surface area contributed by atoms with Crippen LogP contribution in [0.2, 0.25) is 0 Å². The summed E-state index contributed by atoms with van der Waals surface area (Å²) >= 11 is 1.39. The van der Waals surface area contributed by atoms with Crippen molar-refractivity contribution in [3.05, 3.63) is 84.7 Å². The SMILES string of the molecule is Cc1nc(C)c(C(=O)N2CCc3c(cn(CCc4ccccc4)c(=O)c3C(N)=O)C2)s1. The quantitative estimate of drug-likeness (QED) is 0.664. The molecule has 2 N–H and O–H groups in total. The van der Waals surface area contributed by atoms with E-state index in [9.17, 15) is 14.4 Å². The smallest absolute Gasteiger partial charge is 0.266 e. The summed E-state index contributed by atoms with van der Waals surface area (Å²) in [5.41, 5.74) is 8.54. The Kier molecular flexibility index (Phi) is 5.73. The van der Waals surface area contributed by atoms with E-state index in [1.54, 1.807) is 15.7 Å². The topological polar surface area (TPSA) is 98.3 Å². The molecule has 0 saturated carbocycles. The molecule has 3 heterocycles. The first-order chi connectivity index (χ1) is 14.8. The molecule has 0 spiro atoms. The molecule has 31 heavy (non-hydrogen) atoms. The Morgan fingerprint density at radius 1 is 1.19 bits per heavy atom. The number of aromatic nitrogens is 2. The van der Waals surface area contributed by atoms with Gasteiger partial charge in [-0.25, -0.2) is 4.98 Å². The number of hydrogen-bond acceptors (Lipinski definition) is 5. The van der Waals surface area contributed by atoms with Crippen LogP contribution >= 0.6 is 11.3 Å². The first-order valence-corrected chi connectivity index (χ1v) is 11.0. The van der Waals surface area contributed by atoms with Crippen LogP contribution in [0, 0.1) is 13.8 Å². The van der Waals surface area contributed by atoms with Gasteiger partial charge in [0.15, 0.2) is 0 Å². The van der Waals surface area contributed by atoms with Gasteiger partial charge >= 0.3 is 0 Å². The average Bonchev–Trinajstić information content (AvgIpc) is 3.09. The fourth-order valence-corrected chi connectivity index (χ4v) is 4.96. The Morgan fingerprint density at radius 2 is 1.94 bits per heavy atom. The summed E-state index contributed by atoms with van der Waals surface area (Å²) < 4.78 is 1.54. The first kappa shape index (κ1) is 21.0. The van der Waals surface area contributed by atoms with Crippen molar-refractivity contribution in [1.29, 1.82) is 0 Å². The van der Waals surface area contributed by atoms with Crippen molar-refractivity contribution >= 4 is 23.2 Å². The predicted molar refractivity (Wildman–Crippen MR) is 119 cm³/mol. The van der Waals surface area contributed by atoms with E-state index in [0.717, 1.165) is 21.8 Å². The number of benzene rings is 1. The Bertz CT molecular complexity index is 1210. The number of hydrogen-bond donors (Lipinski definition) is 1. The number of rotatable bonds is 5. The summed E-state index contributed by atoms with van der Waals surface area (Å²) in [6.07, 6.45) is 2.85. The maximum Gasteiger partial charge on any atom is 0.266 e. The first-order valence-electron chi connectivity index (χ1n) is 10.2. The minimum atomic E-state index is -0.719. The molecule has 3 aromatic rings. The van der Waals surface area contributed by atoms with Crippen LogP contribution in [0.25, 0.3) is 0 Å². The van der Waals surface area contributed by atoms with Gasteiger partial charge in [-0.05, 0) is 43.4 Å². The van der Waals surface area contributed by atoms with E-state index in [2.05, 4.69) is 4.98 Å². The molecule has 1 aliphatic heterocycles. The van der Waals surface area contributed by atoms with Crippen LogP contribution in [-0.2, 0) is 25.9 Å². The summed E-state index contributed by atoms with van der Waals surface area (Å²) in [4.78, 5) is 44.9. The number of carbonyl (C=O) groups excluding carboxylic acids is 2. The second kappa shape index (κ2) is 8.47. The molecule has 2 aromatic heterocycles. The molecular formula is C23H24N4O3S. The van der Waals surface area contributed by atoms with E-state index in [0.29, 0.717) is 42.9 Å². The maximum absolute atomic E-state index is 13.1. The highest BCUT2D eigenvalue weighted by atomic mass is 32.1. The molecule has 4 rings (SSSR count). The molecule has 0 unspecified atom stereocenters. The third-order valence-corrected chi connectivity index (χ3v) is 6.65. The van der Waals surface area contributed by atoms with E-state index in [1.165, 1.54) is 11.3 Å². The van der Waals surface area contributed by atoms with Crippen molar-refractivity contribution in [3.8, 4) is 0 Å². The highest BCUT2D eigenvalue weighted by Crippen LogP contribution is 2.25. The number of primary amides is 1. The minimum absolute atomic E-state index is 0.0440. The lowest BCUT2D eigenvalue weighted by Crippen LogP contribution is -2.40. The third-order valence-electron chi connectivity index (χ3n) is 5.58. The molecule has 0 atom stereocenters. The molecule has 0 aliphatic carbocycles. The van der Waals surface area contributed by atoms with Crippen LogP contribution in [0.5, 0.6) is 0 Å². The van der Waals surface area contributed by atoms with E-state index in [1.807, 2.05) is 44.2 Å². The van der Waals surface area contributed by atoms with Gasteiger partial charge in [0.05, 0.1) is 10.7 Å². The molecule has 0 bridgehead atoms. The summed E-state index contributed by atoms with van der Waals surface area (Å²) in [6, 6.07) is 9.84. The molecule has 0 fully saturated rings. The van der Waals surface area contributed by atoms with E-state index in [-0.39, 0.29) is 17.0 Å². The van der Waals surface area contributed by atoms with Gasteiger partial charge in [-0.2, -0.15) is 0 Å². The van der Waals surface area contributed by atoms with Gasteiger partial charge < -0.3 is 15.2 Å².